The zero-order valence-electron chi connectivity index (χ0n) is 15.3. The number of methoxy groups -OCH3 is 1. The fraction of sp³-hybridized carbons (Fsp3) is 0.130. The molecule has 27 heavy (non-hydrogen) atoms. The molecule has 0 bridgehead atoms. The minimum atomic E-state index is -0.0211. The molecule has 0 aliphatic carbocycles. The first-order valence-corrected chi connectivity index (χ1v) is 8.82. The van der Waals surface area contributed by atoms with Gasteiger partial charge in [0.1, 0.15) is 12.3 Å². The molecule has 1 amide bonds. The summed E-state index contributed by atoms with van der Waals surface area (Å²) < 4.78 is 5.26. The molecular weight excluding hydrogens is 336 g/mol. The first kappa shape index (κ1) is 17.0. The Morgan fingerprint density at radius 3 is 2.30 bits per heavy atom. The van der Waals surface area contributed by atoms with E-state index in [2.05, 4.69) is 29.3 Å². The average Bonchev–Trinajstić information content (AvgIpc) is 2.85. The fourth-order valence-corrected chi connectivity index (χ4v) is 3.30. The van der Waals surface area contributed by atoms with Crippen molar-refractivity contribution in [1.82, 2.24) is 0 Å². The Morgan fingerprint density at radius 2 is 1.59 bits per heavy atom. The molecule has 3 aromatic carbocycles. The highest BCUT2D eigenvalue weighted by Gasteiger charge is 2.23. The SMILES string of the molecule is COc1ccc(C2=NCC(=O)N(C)c3ccc(-c4ccccc4)cc32)cc1. The minimum Gasteiger partial charge on any atom is -0.497 e. The smallest absolute Gasteiger partial charge is 0.248 e. The summed E-state index contributed by atoms with van der Waals surface area (Å²) in [6.07, 6.45) is 0. The third kappa shape index (κ3) is 3.22. The number of aliphatic imine (C=N–C) groups is 1. The zero-order chi connectivity index (χ0) is 18.8. The molecule has 1 aliphatic rings. The van der Waals surface area contributed by atoms with Crippen LogP contribution in [0.25, 0.3) is 11.1 Å². The van der Waals surface area contributed by atoms with Crippen LogP contribution in [0, 0.1) is 0 Å². The standard InChI is InChI=1S/C23H20N2O2/c1-25-21-13-10-18(16-6-4-3-5-7-16)14-20(21)23(24-15-22(25)26)17-8-11-19(27-2)12-9-17/h3-14H,15H2,1-2H3. The van der Waals surface area contributed by atoms with Crippen LogP contribution in [0.15, 0.2) is 77.8 Å². The van der Waals surface area contributed by atoms with Gasteiger partial charge in [0.05, 0.1) is 18.5 Å². The van der Waals surface area contributed by atoms with Crippen LogP contribution in [-0.4, -0.2) is 32.3 Å². The third-order valence-electron chi connectivity index (χ3n) is 4.83. The van der Waals surface area contributed by atoms with E-state index in [0.717, 1.165) is 39.4 Å². The summed E-state index contributed by atoms with van der Waals surface area (Å²) >= 11 is 0. The second-order valence-corrected chi connectivity index (χ2v) is 6.44. The number of hydrogen-bond acceptors (Lipinski definition) is 3. The van der Waals surface area contributed by atoms with Gasteiger partial charge >= 0.3 is 0 Å². The molecule has 4 rings (SSSR count). The number of benzene rings is 3. The molecular formula is C23H20N2O2. The van der Waals surface area contributed by atoms with Crippen molar-refractivity contribution in [3.8, 4) is 16.9 Å². The molecule has 3 aromatic rings. The minimum absolute atomic E-state index is 0.0211. The number of carbonyl (C=O) groups is 1. The van der Waals surface area contributed by atoms with Gasteiger partial charge < -0.3 is 9.64 Å². The van der Waals surface area contributed by atoms with Crippen molar-refractivity contribution < 1.29 is 9.53 Å². The molecule has 4 nitrogen and oxygen atoms in total. The monoisotopic (exact) mass is 356 g/mol. The Bertz CT molecular complexity index is 1010. The van der Waals surface area contributed by atoms with Crippen LogP contribution in [0.3, 0.4) is 0 Å². The molecule has 0 radical (unpaired) electrons. The van der Waals surface area contributed by atoms with E-state index in [9.17, 15) is 4.79 Å². The highest BCUT2D eigenvalue weighted by atomic mass is 16.5. The van der Waals surface area contributed by atoms with Gasteiger partial charge in [-0.1, -0.05) is 36.4 Å². The molecule has 134 valence electrons. The maximum absolute atomic E-state index is 12.4. The lowest BCUT2D eigenvalue weighted by Gasteiger charge is -2.19. The van der Waals surface area contributed by atoms with Crippen LogP contribution < -0.4 is 9.64 Å². The Balaban J connectivity index is 1.88. The fourth-order valence-electron chi connectivity index (χ4n) is 3.30. The number of carbonyl (C=O) groups excluding carboxylic acids is 1. The Kier molecular flexibility index (Phi) is 4.47. The van der Waals surface area contributed by atoms with E-state index in [4.69, 9.17) is 4.74 Å². The van der Waals surface area contributed by atoms with Crippen LogP contribution >= 0.6 is 0 Å². The quantitative estimate of drug-likeness (QED) is 0.707. The van der Waals surface area contributed by atoms with E-state index in [0.29, 0.717) is 0 Å². The highest BCUT2D eigenvalue weighted by molar-refractivity contribution is 6.20. The molecule has 1 heterocycles. The van der Waals surface area contributed by atoms with Crippen LogP contribution in [-0.2, 0) is 4.79 Å². The van der Waals surface area contributed by atoms with Crippen LogP contribution in [0.1, 0.15) is 11.1 Å². The van der Waals surface area contributed by atoms with Gasteiger partial charge in [-0.15, -0.1) is 0 Å². The summed E-state index contributed by atoms with van der Waals surface area (Å²) in [7, 11) is 3.45. The van der Waals surface area contributed by atoms with Gasteiger partial charge in [-0.25, -0.2) is 0 Å². The van der Waals surface area contributed by atoms with E-state index in [1.165, 1.54) is 0 Å². The van der Waals surface area contributed by atoms with Crippen molar-refractivity contribution in [1.29, 1.82) is 0 Å². The van der Waals surface area contributed by atoms with Gasteiger partial charge in [0.2, 0.25) is 5.91 Å². The molecule has 0 atom stereocenters. The largest absolute Gasteiger partial charge is 0.497 e. The predicted octanol–water partition coefficient (Wildman–Crippen LogP) is 4.18. The van der Waals surface area contributed by atoms with Gasteiger partial charge in [0.25, 0.3) is 0 Å². The second kappa shape index (κ2) is 7.08. The number of benzodiazepines with no additional fused rings is 1. The number of amides is 1. The zero-order valence-corrected chi connectivity index (χ0v) is 15.3. The van der Waals surface area contributed by atoms with E-state index < -0.39 is 0 Å². The maximum Gasteiger partial charge on any atom is 0.248 e. The molecule has 4 heteroatoms. The lowest BCUT2D eigenvalue weighted by atomic mass is 9.95. The van der Waals surface area contributed by atoms with Gasteiger partial charge in [-0.05, 0) is 47.5 Å². The molecule has 0 spiro atoms. The number of likely N-dealkylation sites (N-methyl/N-ethyl adjacent to an activating group) is 1. The number of nitrogens with zero attached hydrogens (tertiary/aromatic N) is 2. The molecule has 1 aliphatic heterocycles. The van der Waals surface area contributed by atoms with E-state index >= 15 is 0 Å². The average molecular weight is 356 g/mol. The number of ether oxygens (including phenoxy) is 1. The summed E-state index contributed by atoms with van der Waals surface area (Å²) in [5.74, 6) is 0.770. The Hall–Kier alpha value is -3.40. The maximum atomic E-state index is 12.4. The van der Waals surface area contributed by atoms with Crippen molar-refractivity contribution in [2.75, 3.05) is 25.6 Å². The van der Waals surface area contributed by atoms with Crippen molar-refractivity contribution in [3.05, 3.63) is 83.9 Å². The topological polar surface area (TPSA) is 41.9 Å². The number of hydrogen-bond donors (Lipinski definition) is 0. The van der Waals surface area contributed by atoms with Gasteiger partial charge in [0, 0.05) is 18.2 Å². The van der Waals surface area contributed by atoms with E-state index in [1.54, 1.807) is 19.1 Å². The summed E-state index contributed by atoms with van der Waals surface area (Å²) in [5.41, 5.74) is 5.83. The molecule has 0 saturated carbocycles. The normalized spacial score (nSPS) is 13.6. The van der Waals surface area contributed by atoms with Crippen molar-refractivity contribution in [2.45, 2.75) is 0 Å². The summed E-state index contributed by atoms with van der Waals surface area (Å²) in [4.78, 5) is 18.7. The predicted molar refractivity (Wildman–Crippen MR) is 109 cm³/mol. The Labute approximate surface area is 158 Å². The van der Waals surface area contributed by atoms with Crippen molar-refractivity contribution >= 4 is 17.3 Å². The first-order valence-electron chi connectivity index (χ1n) is 8.82. The van der Waals surface area contributed by atoms with Crippen LogP contribution in [0.5, 0.6) is 5.75 Å². The van der Waals surface area contributed by atoms with Crippen LogP contribution in [0.4, 0.5) is 5.69 Å². The van der Waals surface area contributed by atoms with Gasteiger partial charge in [-0.2, -0.15) is 0 Å². The van der Waals surface area contributed by atoms with Crippen molar-refractivity contribution in [3.63, 3.8) is 0 Å². The number of fused-ring (bicyclic) bond motifs is 1. The van der Waals surface area contributed by atoms with E-state index in [-0.39, 0.29) is 12.5 Å². The molecule has 0 saturated heterocycles. The molecule has 0 fully saturated rings. The lowest BCUT2D eigenvalue weighted by molar-refractivity contribution is -0.116. The second-order valence-electron chi connectivity index (χ2n) is 6.44. The summed E-state index contributed by atoms with van der Waals surface area (Å²) in [6.45, 7) is 0.132. The molecule has 0 aromatic heterocycles. The molecule has 0 unspecified atom stereocenters. The third-order valence-corrected chi connectivity index (χ3v) is 4.83. The number of rotatable bonds is 3. The lowest BCUT2D eigenvalue weighted by Crippen LogP contribution is -2.27. The Morgan fingerprint density at radius 1 is 0.889 bits per heavy atom. The van der Waals surface area contributed by atoms with Gasteiger partial charge in [-0.3, -0.25) is 9.79 Å². The van der Waals surface area contributed by atoms with E-state index in [1.807, 2.05) is 48.5 Å². The summed E-state index contributed by atoms with van der Waals surface area (Å²) in [5, 5.41) is 0. The first-order chi connectivity index (χ1) is 13.2. The summed E-state index contributed by atoms with van der Waals surface area (Å²) in [6, 6.07) is 24.2. The molecule has 0 N–H and O–H groups in total. The number of anilines is 1. The van der Waals surface area contributed by atoms with Crippen LogP contribution in [0.2, 0.25) is 0 Å². The van der Waals surface area contributed by atoms with Gasteiger partial charge in [0.15, 0.2) is 0 Å². The van der Waals surface area contributed by atoms with Crippen molar-refractivity contribution in [2.24, 2.45) is 4.99 Å². The highest BCUT2D eigenvalue weighted by Crippen LogP contribution is 2.31.